The molecule has 0 aliphatic heterocycles. The third-order valence-electron chi connectivity index (χ3n) is 1.54. The standard InChI is InChI=1S/C9H9FN3/c10-8-5-7(6-12)1-2-9(8)13-4-3-11/h1-2,5,11,13H,3-4H2/q-1. The first-order chi connectivity index (χ1) is 6.27. The topological polar surface area (TPSA) is 59.6 Å². The summed E-state index contributed by atoms with van der Waals surface area (Å²) in [5, 5.41) is 11.2. The summed E-state index contributed by atoms with van der Waals surface area (Å²) in [6.07, 6.45) is 0. The van der Waals surface area contributed by atoms with Crippen molar-refractivity contribution in [2.24, 2.45) is 0 Å². The minimum atomic E-state index is -0.451. The van der Waals surface area contributed by atoms with Gasteiger partial charge >= 0.3 is 0 Å². The van der Waals surface area contributed by atoms with Gasteiger partial charge in [-0.05, 0) is 24.7 Å². The van der Waals surface area contributed by atoms with Crippen molar-refractivity contribution in [1.82, 2.24) is 0 Å². The summed E-state index contributed by atoms with van der Waals surface area (Å²) in [4.78, 5) is 0. The molecule has 68 valence electrons. The summed E-state index contributed by atoms with van der Waals surface area (Å²) in [7, 11) is 0. The van der Waals surface area contributed by atoms with Gasteiger partial charge in [0.25, 0.3) is 0 Å². The lowest BCUT2D eigenvalue weighted by Gasteiger charge is -2.07. The van der Waals surface area contributed by atoms with Gasteiger partial charge in [0.2, 0.25) is 0 Å². The SMILES string of the molecule is N#Cc1ccc(NCC[NH-])c(F)c1. The van der Waals surface area contributed by atoms with Crippen LogP contribution >= 0.6 is 0 Å². The van der Waals surface area contributed by atoms with Crippen molar-refractivity contribution in [3.8, 4) is 6.07 Å². The predicted molar refractivity (Wildman–Crippen MR) is 48.8 cm³/mol. The van der Waals surface area contributed by atoms with E-state index < -0.39 is 5.82 Å². The van der Waals surface area contributed by atoms with Gasteiger partial charge in [0.15, 0.2) is 0 Å². The van der Waals surface area contributed by atoms with Gasteiger partial charge in [0.05, 0.1) is 17.3 Å². The number of rotatable bonds is 3. The Morgan fingerprint density at radius 2 is 2.31 bits per heavy atom. The van der Waals surface area contributed by atoms with Crippen LogP contribution in [0.25, 0.3) is 5.73 Å². The Morgan fingerprint density at radius 3 is 2.85 bits per heavy atom. The highest BCUT2D eigenvalue weighted by Gasteiger charge is 2.00. The number of halogens is 1. The maximum Gasteiger partial charge on any atom is 0.147 e. The molecule has 4 heteroatoms. The van der Waals surface area contributed by atoms with Gasteiger partial charge in [-0.15, -0.1) is 6.54 Å². The van der Waals surface area contributed by atoms with Crippen LogP contribution in [-0.2, 0) is 0 Å². The van der Waals surface area contributed by atoms with E-state index in [0.717, 1.165) is 0 Å². The van der Waals surface area contributed by atoms with Crippen LogP contribution in [-0.4, -0.2) is 13.1 Å². The van der Waals surface area contributed by atoms with E-state index >= 15 is 0 Å². The van der Waals surface area contributed by atoms with Gasteiger partial charge in [-0.2, -0.15) is 5.26 Å². The fraction of sp³-hybridized carbons (Fsp3) is 0.222. The van der Waals surface area contributed by atoms with Crippen LogP contribution in [0.15, 0.2) is 18.2 Å². The third kappa shape index (κ3) is 2.42. The lowest BCUT2D eigenvalue weighted by molar-refractivity contribution is 0.630. The molecule has 0 aromatic heterocycles. The predicted octanol–water partition coefficient (Wildman–Crippen LogP) is 2.16. The Hall–Kier alpha value is -1.60. The third-order valence-corrected chi connectivity index (χ3v) is 1.54. The van der Waals surface area contributed by atoms with E-state index in [-0.39, 0.29) is 6.54 Å². The second-order valence-electron chi connectivity index (χ2n) is 2.48. The Kier molecular flexibility index (Phi) is 3.23. The van der Waals surface area contributed by atoms with Crippen molar-refractivity contribution >= 4 is 5.69 Å². The summed E-state index contributed by atoms with van der Waals surface area (Å²) < 4.78 is 13.1. The van der Waals surface area contributed by atoms with Gasteiger partial charge in [-0.3, -0.25) is 0 Å². The molecule has 1 rings (SSSR count). The second kappa shape index (κ2) is 4.43. The van der Waals surface area contributed by atoms with Crippen LogP contribution in [0, 0.1) is 17.1 Å². The molecule has 2 N–H and O–H groups in total. The number of nitrogens with zero attached hydrogens (tertiary/aromatic N) is 1. The molecule has 1 aromatic carbocycles. The van der Waals surface area contributed by atoms with Crippen molar-refractivity contribution in [2.75, 3.05) is 18.4 Å². The van der Waals surface area contributed by atoms with E-state index in [1.807, 2.05) is 6.07 Å². The summed E-state index contributed by atoms with van der Waals surface area (Å²) >= 11 is 0. The molecule has 0 atom stereocenters. The molecule has 1 aromatic rings. The summed E-state index contributed by atoms with van der Waals surface area (Å²) in [5.74, 6) is -0.451. The van der Waals surface area contributed by atoms with Gasteiger partial charge in [0, 0.05) is 0 Å². The molecule has 0 heterocycles. The lowest BCUT2D eigenvalue weighted by Crippen LogP contribution is -2.04. The Balaban J connectivity index is 2.81. The van der Waals surface area contributed by atoms with Crippen LogP contribution in [0.5, 0.6) is 0 Å². The zero-order valence-electron chi connectivity index (χ0n) is 6.97. The molecule has 0 saturated heterocycles. The number of anilines is 1. The van der Waals surface area contributed by atoms with Gasteiger partial charge in [-0.1, -0.05) is 0 Å². The summed E-state index contributed by atoms with van der Waals surface area (Å²) in [6, 6.07) is 6.06. The van der Waals surface area contributed by atoms with E-state index in [4.69, 9.17) is 11.0 Å². The number of hydrogen-bond donors (Lipinski definition) is 1. The van der Waals surface area contributed by atoms with E-state index in [1.165, 1.54) is 18.2 Å². The Labute approximate surface area is 76.0 Å². The van der Waals surface area contributed by atoms with E-state index in [9.17, 15) is 4.39 Å². The minimum absolute atomic E-state index is 0.194. The monoisotopic (exact) mass is 178 g/mol. The van der Waals surface area contributed by atoms with Crippen LogP contribution < -0.4 is 5.32 Å². The molecule has 0 fully saturated rings. The highest BCUT2D eigenvalue weighted by molar-refractivity contribution is 5.48. The van der Waals surface area contributed by atoms with Crippen LogP contribution in [0.4, 0.5) is 10.1 Å². The average Bonchev–Trinajstić information content (AvgIpc) is 2.16. The molecule has 0 aliphatic rings. The molecule has 0 amide bonds. The van der Waals surface area contributed by atoms with Crippen LogP contribution in [0.1, 0.15) is 5.56 Å². The summed E-state index contributed by atoms with van der Waals surface area (Å²) in [5.41, 5.74) is 7.50. The van der Waals surface area contributed by atoms with E-state index in [0.29, 0.717) is 17.8 Å². The fourth-order valence-corrected chi connectivity index (χ4v) is 0.925. The highest BCUT2D eigenvalue weighted by Crippen LogP contribution is 2.14. The normalized spacial score (nSPS) is 9.31. The number of hydrogen-bond acceptors (Lipinski definition) is 2. The maximum absolute atomic E-state index is 13.1. The minimum Gasteiger partial charge on any atom is -0.676 e. The molecule has 3 nitrogen and oxygen atoms in total. The fourth-order valence-electron chi connectivity index (χ4n) is 0.925. The largest absolute Gasteiger partial charge is 0.676 e. The average molecular weight is 178 g/mol. The van der Waals surface area contributed by atoms with Crippen molar-refractivity contribution < 1.29 is 4.39 Å². The first-order valence-electron chi connectivity index (χ1n) is 3.86. The van der Waals surface area contributed by atoms with Crippen molar-refractivity contribution in [2.45, 2.75) is 0 Å². The highest BCUT2D eigenvalue weighted by atomic mass is 19.1. The Morgan fingerprint density at radius 1 is 1.54 bits per heavy atom. The van der Waals surface area contributed by atoms with Crippen molar-refractivity contribution in [3.63, 3.8) is 0 Å². The summed E-state index contributed by atoms with van der Waals surface area (Å²) in [6.45, 7) is 0.599. The smallest absolute Gasteiger partial charge is 0.147 e. The number of nitriles is 1. The van der Waals surface area contributed by atoms with Gasteiger partial charge in [0.1, 0.15) is 5.82 Å². The quantitative estimate of drug-likeness (QED) is 0.770. The first-order valence-corrected chi connectivity index (χ1v) is 3.86. The molecule has 0 saturated carbocycles. The van der Waals surface area contributed by atoms with Crippen molar-refractivity contribution in [3.05, 3.63) is 35.3 Å². The van der Waals surface area contributed by atoms with Crippen LogP contribution in [0.3, 0.4) is 0 Å². The number of nitrogens with one attached hydrogen (secondary N) is 2. The van der Waals surface area contributed by atoms with E-state index in [1.54, 1.807) is 0 Å². The van der Waals surface area contributed by atoms with Crippen molar-refractivity contribution in [1.29, 1.82) is 5.26 Å². The molecule has 0 bridgehead atoms. The molecular weight excluding hydrogens is 169 g/mol. The van der Waals surface area contributed by atoms with Gasteiger partial charge in [-0.25, -0.2) is 4.39 Å². The maximum atomic E-state index is 13.1. The second-order valence-corrected chi connectivity index (χ2v) is 2.48. The van der Waals surface area contributed by atoms with Crippen LogP contribution in [0.2, 0.25) is 0 Å². The molecule has 0 radical (unpaired) electrons. The zero-order valence-corrected chi connectivity index (χ0v) is 6.97. The zero-order chi connectivity index (χ0) is 9.68. The molecule has 0 aliphatic carbocycles. The molecule has 0 spiro atoms. The van der Waals surface area contributed by atoms with Gasteiger partial charge < -0.3 is 11.1 Å². The first kappa shape index (κ1) is 9.49. The molecular formula is C9H9FN3-. The van der Waals surface area contributed by atoms with E-state index in [2.05, 4.69) is 5.32 Å². The molecule has 0 unspecified atom stereocenters. The Bertz CT molecular complexity index is 330. The number of benzene rings is 1. The molecule has 13 heavy (non-hydrogen) atoms. The lowest BCUT2D eigenvalue weighted by atomic mass is 10.2.